The van der Waals surface area contributed by atoms with Gasteiger partial charge in [0.25, 0.3) is 0 Å². The lowest BCUT2D eigenvalue weighted by atomic mass is 10.0. The van der Waals surface area contributed by atoms with Crippen LogP contribution in [0.5, 0.6) is 0 Å². The van der Waals surface area contributed by atoms with Crippen LogP contribution in [-0.2, 0) is 0 Å². The Morgan fingerprint density at radius 1 is 1.38 bits per heavy atom. The second kappa shape index (κ2) is 4.63. The molecular formula is C12H15N. The van der Waals surface area contributed by atoms with E-state index in [0.717, 1.165) is 5.57 Å². The van der Waals surface area contributed by atoms with Gasteiger partial charge in [0.15, 0.2) is 0 Å². The zero-order valence-corrected chi connectivity index (χ0v) is 7.96. The zero-order valence-electron chi connectivity index (χ0n) is 7.96. The smallest absolute Gasteiger partial charge is 0.0568 e. The summed E-state index contributed by atoms with van der Waals surface area (Å²) in [4.78, 5) is 0. The molecule has 0 fully saturated rings. The molecule has 1 heteroatoms. The van der Waals surface area contributed by atoms with Gasteiger partial charge in [-0.25, -0.2) is 0 Å². The average molecular weight is 173 g/mol. The van der Waals surface area contributed by atoms with Crippen LogP contribution in [0.3, 0.4) is 0 Å². The molecule has 13 heavy (non-hydrogen) atoms. The minimum Gasteiger partial charge on any atom is -0.309 e. The van der Waals surface area contributed by atoms with E-state index in [9.17, 15) is 0 Å². The second-order valence-corrected chi connectivity index (χ2v) is 2.91. The van der Waals surface area contributed by atoms with E-state index in [1.807, 2.05) is 25.2 Å². The molecule has 0 bridgehead atoms. The Morgan fingerprint density at radius 2 is 2.00 bits per heavy atom. The van der Waals surface area contributed by atoms with Gasteiger partial charge in [-0.2, -0.15) is 0 Å². The summed E-state index contributed by atoms with van der Waals surface area (Å²) < 4.78 is 0. The Kier molecular flexibility index (Phi) is 3.47. The van der Waals surface area contributed by atoms with E-state index >= 15 is 0 Å². The zero-order chi connectivity index (χ0) is 9.68. The van der Waals surface area contributed by atoms with E-state index in [1.165, 1.54) is 5.56 Å². The van der Waals surface area contributed by atoms with Crippen LogP contribution in [0.4, 0.5) is 0 Å². The summed E-state index contributed by atoms with van der Waals surface area (Å²) in [6, 6.07) is 10.4. The first-order valence-corrected chi connectivity index (χ1v) is 4.33. The Labute approximate surface area is 79.8 Å². The first-order chi connectivity index (χ1) is 6.29. The van der Waals surface area contributed by atoms with Crippen LogP contribution >= 0.6 is 0 Å². The third kappa shape index (κ3) is 2.30. The number of hydrogen-bond acceptors (Lipinski definition) is 1. The Morgan fingerprint density at radius 3 is 2.46 bits per heavy atom. The number of rotatable bonds is 4. The summed E-state index contributed by atoms with van der Waals surface area (Å²) in [7, 11) is 1.92. The van der Waals surface area contributed by atoms with E-state index in [4.69, 9.17) is 0 Å². The van der Waals surface area contributed by atoms with Crippen molar-refractivity contribution in [3.05, 3.63) is 60.7 Å². The molecule has 0 saturated heterocycles. The van der Waals surface area contributed by atoms with Gasteiger partial charge in [-0.3, -0.25) is 0 Å². The molecule has 1 nitrogen and oxygen atoms in total. The third-order valence-electron chi connectivity index (χ3n) is 2.05. The second-order valence-electron chi connectivity index (χ2n) is 2.91. The van der Waals surface area contributed by atoms with Crippen molar-refractivity contribution in [2.24, 2.45) is 0 Å². The Hall–Kier alpha value is -1.34. The lowest BCUT2D eigenvalue weighted by Gasteiger charge is -2.16. The first kappa shape index (κ1) is 9.75. The fourth-order valence-corrected chi connectivity index (χ4v) is 1.33. The van der Waals surface area contributed by atoms with Crippen molar-refractivity contribution >= 4 is 0 Å². The Bertz CT molecular complexity index is 287. The van der Waals surface area contributed by atoms with E-state index in [2.05, 4.69) is 30.6 Å². The molecule has 1 aromatic rings. The number of likely N-dealkylation sites (N-methyl/N-ethyl adjacent to an activating group) is 1. The minimum absolute atomic E-state index is 0.179. The highest BCUT2D eigenvalue weighted by molar-refractivity contribution is 5.31. The van der Waals surface area contributed by atoms with Gasteiger partial charge in [0.05, 0.1) is 6.04 Å². The van der Waals surface area contributed by atoms with Crippen molar-refractivity contribution in [3.8, 4) is 0 Å². The van der Waals surface area contributed by atoms with Crippen molar-refractivity contribution in [2.45, 2.75) is 6.04 Å². The summed E-state index contributed by atoms with van der Waals surface area (Å²) in [6.45, 7) is 7.66. The highest BCUT2D eigenvalue weighted by atomic mass is 14.9. The molecule has 0 aliphatic heterocycles. The maximum absolute atomic E-state index is 3.94. The molecule has 1 unspecified atom stereocenters. The van der Waals surface area contributed by atoms with Crippen molar-refractivity contribution in [2.75, 3.05) is 7.05 Å². The van der Waals surface area contributed by atoms with Crippen LogP contribution in [0.1, 0.15) is 11.6 Å². The number of benzene rings is 1. The summed E-state index contributed by atoms with van der Waals surface area (Å²) in [6.07, 6.45) is 1.79. The van der Waals surface area contributed by atoms with E-state index < -0.39 is 0 Å². The first-order valence-electron chi connectivity index (χ1n) is 4.33. The van der Waals surface area contributed by atoms with E-state index in [-0.39, 0.29) is 6.04 Å². The predicted molar refractivity (Wildman–Crippen MR) is 57.6 cm³/mol. The SMILES string of the molecule is C=CC(=C)C(NC)c1ccccc1. The Balaban J connectivity index is 2.91. The van der Waals surface area contributed by atoms with Crippen molar-refractivity contribution < 1.29 is 0 Å². The van der Waals surface area contributed by atoms with Gasteiger partial charge < -0.3 is 5.32 Å². The largest absolute Gasteiger partial charge is 0.309 e. The van der Waals surface area contributed by atoms with Crippen molar-refractivity contribution in [1.29, 1.82) is 0 Å². The van der Waals surface area contributed by atoms with Crippen molar-refractivity contribution in [1.82, 2.24) is 5.32 Å². The summed E-state index contributed by atoms with van der Waals surface area (Å²) in [5, 5.41) is 3.20. The molecule has 0 amide bonds. The summed E-state index contributed by atoms with van der Waals surface area (Å²) in [5.41, 5.74) is 2.21. The lowest BCUT2D eigenvalue weighted by molar-refractivity contribution is 0.693. The molecule has 1 N–H and O–H groups in total. The maximum atomic E-state index is 3.94. The van der Waals surface area contributed by atoms with Crippen LogP contribution in [0.25, 0.3) is 0 Å². The van der Waals surface area contributed by atoms with Gasteiger partial charge >= 0.3 is 0 Å². The normalized spacial score (nSPS) is 12.1. The van der Waals surface area contributed by atoms with E-state index in [1.54, 1.807) is 6.08 Å². The molecule has 1 atom stereocenters. The molecule has 0 radical (unpaired) electrons. The standard InChI is InChI=1S/C12H15N/c1-4-10(2)12(13-3)11-8-6-5-7-9-11/h4-9,12-13H,1-2H2,3H3. The molecule has 0 aliphatic rings. The van der Waals surface area contributed by atoms with Gasteiger partial charge in [-0.1, -0.05) is 49.6 Å². The van der Waals surface area contributed by atoms with Crippen LogP contribution in [-0.4, -0.2) is 7.05 Å². The molecule has 1 aromatic carbocycles. The molecule has 0 heterocycles. The van der Waals surface area contributed by atoms with Gasteiger partial charge in [-0.05, 0) is 18.2 Å². The van der Waals surface area contributed by atoms with Gasteiger partial charge in [-0.15, -0.1) is 0 Å². The third-order valence-corrected chi connectivity index (χ3v) is 2.05. The number of hydrogen-bond donors (Lipinski definition) is 1. The van der Waals surface area contributed by atoms with Gasteiger partial charge in [0, 0.05) is 0 Å². The fraction of sp³-hybridized carbons (Fsp3) is 0.167. The van der Waals surface area contributed by atoms with Crippen LogP contribution in [0.15, 0.2) is 55.1 Å². The molecule has 0 saturated carbocycles. The molecule has 68 valence electrons. The topological polar surface area (TPSA) is 12.0 Å². The van der Waals surface area contributed by atoms with Crippen LogP contribution < -0.4 is 5.32 Å². The summed E-state index contributed by atoms with van der Waals surface area (Å²) >= 11 is 0. The summed E-state index contributed by atoms with van der Waals surface area (Å²) in [5.74, 6) is 0. The highest BCUT2D eigenvalue weighted by Crippen LogP contribution is 2.19. The van der Waals surface area contributed by atoms with Crippen LogP contribution in [0.2, 0.25) is 0 Å². The van der Waals surface area contributed by atoms with Crippen molar-refractivity contribution in [3.63, 3.8) is 0 Å². The maximum Gasteiger partial charge on any atom is 0.0568 e. The monoisotopic (exact) mass is 173 g/mol. The quantitative estimate of drug-likeness (QED) is 0.690. The average Bonchev–Trinajstić information content (AvgIpc) is 2.20. The molecule has 0 aromatic heterocycles. The lowest BCUT2D eigenvalue weighted by Crippen LogP contribution is -2.17. The fourth-order valence-electron chi connectivity index (χ4n) is 1.33. The molecule has 0 spiro atoms. The van der Waals surface area contributed by atoms with Gasteiger partial charge in [0.2, 0.25) is 0 Å². The number of nitrogens with one attached hydrogen (secondary N) is 1. The predicted octanol–water partition coefficient (Wildman–Crippen LogP) is 2.69. The minimum atomic E-state index is 0.179. The molecular weight excluding hydrogens is 158 g/mol. The van der Waals surface area contributed by atoms with E-state index in [0.29, 0.717) is 0 Å². The molecule has 0 aliphatic carbocycles. The van der Waals surface area contributed by atoms with Gasteiger partial charge in [0.1, 0.15) is 0 Å². The van der Waals surface area contributed by atoms with Crippen LogP contribution in [0, 0.1) is 0 Å². The highest BCUT2D eigenvalue weighted by Gasteiger charge is 2.08. The molecule has 1 rings (SSSR count).